The van der Waals surface area contributed by atoms with E-state index >= 15 is 0 Å². The number of rotatable bonds is 3. The normalized spacial score (nSPS) is 29.2. The van der Waals surface area contributed by atoms with Crippen molar-refractivity contribution < 1.29 is 9.84 Å². The van der Waals surface area contributed by atoms with Gasteiger partial charge in [-0.15, -0.1) is 0 Å². The number of hydrogen-bond acceptors (Lipinski definition) is 4. The molecule has 0 amide bonds. The molecular formula is C13H20N2O2. The van der Waals surface area contributed by atoms with Gasteiger partial charge in [0.1, 0.15) is 5.82 Å². The lowest BCUT2D eigenvalue weighted by atomic mass is 9.84. The zero-order chi connectivity index (χ0) is 12.3. The molecule has 2 atom stereocenters. The largest absolute Gasteiger partial charge is 0.389 e. The smallest absolute Gasteiger partial charge is 0.123 e. The van der Waals surface area contributed by atoms with Gasteiger partial charge in [0, 0.05) is 25.6 Å². The van der Waals surface area contributed by atoms with Crippen LogP contribution in [0.25, 0.3) is 0 Å². The Kier molecular flexibility index (Phi) is 3.64. The summed E-state index contributed by atoms with van der Waals surface area (Å²) in [5, 5.41) is 10.6. The van der Waals surface area contributed by atoms with E-state index in [0.29, 0.717) is 31.7 Å². The molecule has 94 valence electrons. The van der Waals surface area contributed by atoms with Crippen LogP contribution in [0.1, 0.15) is 31.7 Å². The molecular weight excluding hydrogens is 216 g/mol. The molecule has 3 N–H and O–H groups in total. The van der Waals surface area contributed by atoms with Gasteiger partial charge >= 0.3 is 0 Å². The van der Waals surface area contributed by atoms with Crippen molar-refractivity contribution in [2.24, 2.45) is 0 Å². The highest BCUT2D eigenvalue weighted by Gasteiger charge is 2.34. The van der Waals surface area contributed by atoms with Crippen LogP contribution >= 0.6 is 0 Å². The van der Waals surface area contributed by atoms with Crippen molar-refractivity contribution in [2.45, 2.75) is 44.3 Å². The highest BCUT2D eigenvalue weighted by Crippen LogP contribution is 2.29. The van der Waals surface area contributed by atoms with Crippen LogP contribution in [-0.4, -0.2) is 28.4 Å². The van der Waals surface area contributed by atoms with Crippen LogP contribution in [0.4, 0.5) is 5.82 Å². The number of nitrogen functional groups attached to an aromatic ring is 1. The minimum absolute atomic E-state index is 0.174. The number of pyridine rings is 1. The summed E-state index contributed by atoms with van der Waals surface area (Å²) in [6, 6.07) is 3.74. The number of ether oxygens (including phenoxy) is 1. The van der Waals surface area contributed by atoms with Gasteiger partial charge in [0.2, 0.25) is 0 Å². The predicted molar refractivity (Wildman–Crippen MR) is 66.6 cm³/mol. The topological polar surface area (TPSA) is 68.4 Å². The van der Waals surface area contributed by atoms with Crippen molar-refractivity contribution in [1.82, 2.24) is 4.98 Å². The third kappa shape index (κ3) is 3.17. The molecule has 1 aromatic heterocycles. The van der Waals surface area contributed by atoms with Crippen molar-refractivity contribution in [1.29, 1.82) is 0 Å². The minimum Gasteiger partial charge on any atom is -0.389 e. The summed E-state index contributed by atoms with van der Waals surface area (Å²) < 4.78 is 5.59. The average molecular weight is 236 g/mol. The van der Waals surface area contributed by atoms with Crippen molar-refractivity contribution in [3.8, 4) is 0 Å². The molecule has 1 aliphatic heterocycles. The quantitative estimate of drug-likeness (QED) is 0.835. The molecule has 2 rings (SSSR count). The van der Waals surface area contributed by atoms with E-state index < -0.39 is 5.60 Å². The van der Waals surface area contributed by atoms with E-state index in [1.807, 2.05) is 12.1 Å². The number of anilines is 1. The summed E-state index contributed by atoms with van der Waals surface area (Å²) >= 11 is 0. The molecule has 0 spiro atoms. The Hall–Kier alpha value is -1.13. The first-order valence-electron chi connectivity index (χ1n) is 6.16. The fraction of sp³-hybridized carbons (Fsp3) is 0.615. The number of hydrogen-bond donors (Lipinski definition) is 2. The first kappa shape index (κ1) is 12.3. The summed E-state index contributed by atoms with van der Waals surface area (Å²) in [6.07, 6.45) is 4.82. The number of aromatic nitrogens is 1. The summed E-state index contributed by atoms with van der Waals surface area (Å²) in [7, 11) is 0. The Labute approximate surface area is 102 Å². The SMILES string of the molecule is CCC1CC(O)(Cc2ccnc(N)c2)CCO1. The molecule has 0 bridgehead atoms. The van der Waals surface area contributed by atoms with E-state index in [1.165, 1.54) is 0 Å². The lowest BCUT2D eigenvalue weighted by molar-refractivity contribution is -0.103. The van der Waals surface area contributed by atoms with Crippen LogP contribution in [0.2, 0.25) is 0 Å². The van der Waals surface area contributed by atoms with E-state index in [4.69, 9.17) is 10.5 Å². The molecule has 4 heteroatoms. The van der Waals surface area contributed by atoms with Gasteiger partial charge in [0.15, 0.2) is 0 Å². The predicted octanol–water partition coefficient (Wildman–Crippen LogP) is 1.53. The van der Waals surface area contributed by atoms with Gasteiger partial charge in [-0.25, -0.2) is 4.98 Å². The molecule has 2 unspecified atom stereocenters. The van der Waals surface area contributed by atoms with Gasteiger partial charge < -0.3 is 15.6 Å². The van der Waals surface area contributed by atoms with Gasteiger partial charge in [-0.2, -0.15) is 0 Å². The summed E-state index contributed by atoms with van der Waals surface area (Å²) in [5.41, 5.74) is 6.02. The van der Waals surface area contributed by atoms with Gasteiger partial charge in [-0.05, 0) is 30.5 Å². The Balaban J connectivity index is 2.06. The van der Waals surface area contributed by atoms with Gasteiger partial charge in [0.25, 0.3) is 0 Å². The van der Waals surface area contributed by atoms with Crippen LogP contribution in [0.15, 0.2) is 18.3 Å². The Morgan fingerprint density at radius 1 is 1.65 bits per heavy atom. The van der Waals surface area contributed by atoms with Gasteiger partial charge in [-0.3, -0.25) is 0 Å². The van der Waals surface area contributed by atoms with Crippen LogP contribution in [-0.2, 0) is 11.2 Å². The molecule has 17 heavy (non-hydrogen) atoms. The first-order valence-corrected chi connectivity index (χ1v) is 6.16. The zero-order valence-electron chi connectivity index (χ0n) is 10.2. The third-order valence-electron chi connectivity index (χ3n) is 3.36. The number of nitrogens with two attached hydrogens (primary N) is 1. The average Bonchev–Trinajstić information content (AvgIpc) is 2.28. The standard InChI is InChI=1S/C13H20N2O2/c1-2-11-9-13(16,4-6-17-11)8-10-3-5-15-12(14)7-10/h3,5,7,11,16H,2,4,6,8-9H2,1H3,(H2,14,15). The van der Waals surface area contributed by atoms with Gasteiger partial charge in [0.05, 0.1) is 11.7 Å². The van der Waals surface area contributed by atoms with Crippen molar-refractivity contribution >= 4 is 5.82 Å². The third-order valence-corrected chi connectivity index (χ3v) is 3.36. The molecule has 0 saturated carbocycles. The second-order valence-corrected chi connectivity index (χ2v) is 4.85. The molecule has 0 aromatic carbocycles. The Morgan fingerprint density at radius 3 is 3.18 bits per heavy atom. The van der Waals surface area contributed by atoms with Crippen LogP contribution in [0, 0.1) is 0 Å². The maximum Gasteiger partial charge on any atom is 0.123 e. The Bertz CT molecular complexity index is 383. The minimum atomic E-state index is -0.660. The number of aliphatic hydroxyl groups is 1. The molecule has 2 heterocycles. The molecule has 1 aliphatic rings. The monoisotopic (exact) mass is 236 g/mol. The molecule has 4 nitrogen and oxygen atoms in total. The Morgan fingerprint density at radius 2 is 2.47 bits per heavy atom. The van der Waals surface area contributed by atoms with Crippen molar-refractivity contribution in [3.63, 3.8) is 0 Å². The first-order chi connectivity index (χ1) is 8.11. The fourth-order valence-electron chi connectivity index (χ4n) is 2.41. The number of nitrogens with zero attached hydrogens (tertiary/aromatic N) is 1. The molecule has 0 aliphatic carbocycles. The second-order valence-electron chi connectivity index (χ2n) is 4.85. The van der Waals surface area contributed by atoms with E-state index in [2.05, 4.69) is 11.9 Å². The molecule has 1 saturated heterocycles. The fourth-order valence-corrected chi connectivity index (χ4v) is 2.41. The summed E-state index contributed by atoms with van der Waals surface area (Å²) in [4.78, 5) is 3.96. The van der Waals surface area contributed by atoms with E-state index in [1.54, 1.807) is 6.20 Å². The second kappa shape index (κ2) is 5.02. The molecule has 1 aromatic rings. The van der Waals surface area contributed by atoms with Gasteiger partial charge in [-0.1, -0.05) is 6.92 Å². The lowest BCUT2D eigenvalue weighted by Gasteiger charge is -2.36. The maximum atomic E-state index is 10.6. The van der Waals surface area contributed by atoms with Crippen molar-refractivity contribution in [3.05, 3.63) is 23.9 Å². The lowest BCUT2D eigenvalue weighted by Crippen LogP contribution is -2.42. The van der Waals surface area contributed by atoms with Crippen LogP contribution in [0.5, 0.6) is 0 Å². The van der Waals surface area contributed by atoms with Crippen molar-refractivity contribution in [2.75, 3.05) is 12.3 Å². The maximum absolute atomic E-state index is 10.6. The zero-order valence-corrected chi connectivity index (χ0v) is 10.2. The van der Waals surface area contributed by atoms with Crippen LogP contribution in [0.3, 0.4) is 0 Å². The summed E-state index contributed by atoms with van der Waals surface area (Å²) in [5.74, 6) is 0.505. The highest BCUT2D eigenvalue weighted by atomic mass is 16.5. The van der Waals surface area contributed by atoms with E-state index in [-0.39, 0.29) is 6.10 Å². The highest BCUT2D eigenvalue weighted by molar-refractivity contribution is 5.32. The summed E-state index contributed by atoms with van der Waals surface area (Å²) in [6.45, 7) is 2.72. The molecule has 1 fully saturated rings. The molecule has 0 radical (unpaired) electrons. The van der Waals surface area contributed by atoms with E-state index in [9.17, 15) is 5.11 Å². The van der Waals surface area contributed by atoms with Crippen LogP contribution < -0.4 is 5.73 Å². The van der Waals surface area contributed by atoms with E-state index in [0.717, 1.165) is 12.0 Å².